The molecule has 3 aromatic carbocycles. The van der Waals surface area contributed by atoms with Crippen molar-refractivity contribution in [3.8, 4) is 0 Å². The molecule has 1 fully saturated rings. The van der Waals surface area contributed by atoms with Gasteiger partial charge in [-0.25, -0.2) is 4.90 Å². The average Bonchev–Trinajstić information content (AvgIpc) is 2.73. The van der Waals surface area contributed by atoms with Crippen LogP contribution in [0.4, 0.5) is 11.4 Å². The summed E-state index contributed by atoms with van der Waals surface area (Å²) in [5.41, 5.74) is 2.81. The molecule has 0 radical (unpaired) electrons. The summed E-state index contributed by atoms with van der Waals surface area (Å²) >= 11 is 3.40. The Hall–Kier alpha value is -2.70. The molecule has 3 aromatic rings. The van der Waals surface area contributed by atoms with Gasteiger partial charge in [-0.3, -0.25) is 9.59 Å². The van der Waals surface area contributed by atoms with Crippen molar-refractivity contribution in [1.29, 1.82) is 0 Å². The van der Waals surface area contributed by atoms with Gasteiger partial charge in [0, 0.05) is 58.2 Å². The van der Waals surface area contributed by atoms with Crippen LogP contribution in [0, 0.1) is 0 Å². The lowest BCUT2D eigenvalue weighted by Crippen LogP contribution is -2.44. The Morgan fingerprint density at radius 3 is 2.21 bits per heavy atom. The number of piperazine rings is 1. The molecule has 0 unspecified atom stereocenters. The smallest absolute Gasteiger partial charge is 0.265 e. The Morgan fingerprint density at radius 2 is 1.50 bits per heavy atom. The van der Waals surface area contributed by atoms with Crippen molar-refractivity contribution in [2.75, 3.05) is 36.0 Å². The zero-order valence-electron chi connectivity index (χ0n) is 15.1. The molecule has 2 aliphatic rings. The summed E-state index contributed by atoms with van der Waals surface area (Å²) in [5, 5.41) is 5.09. The van der Waals surface area contributed by atoms with Gasteiger partial charge in [0.15, 0.2) is 0 Å². The highest BCUT2D eigenvalue weighted by Gasteiger charge is 2.34. The van der Waals surface area contributed by atoms with Crippen LogP contribution >= 0.6 is 15.9 Å². The quantitative estimate of drug-likeness (QED) is 0.621. The van der Waals surface area contributed by atoms with E-state index in [-0.39, 0.29) is 11.8 Å². The molecule has 1 N–H and O–H groups in total. The molecule has 1 saturated heterocycles. The van der Waals surface area contributed by atoms with Gasteiger partial charge in [0.2, 0.25) is 0 Å². The molecular weight excluding hydrogens is 418 g/mol. The lowest BCUT2D eigenvalue weighted by molar-refractivity contribution is 0.0893. The number of amides is 2. The van der Waals surface area contributed by atoms with Crippen LogP contribution < -0.4 is 15.1 Å². The SMILES string of the molecule is O=C1c2cccc3c(N4CCNCC4)ccc(c23)C(=O)N1c1ccc(Br)cc1. The lowest BCUT2D eigenvalue weighted by atomic mass is 9.92. The van der Waals surface area contributed by atoms with Gasteiger partial charge >= 0.3 is 0 Å². The van der Waals surface area contributed by atoms with Crippen molar-refractivity contribution < 1.29 is 9.59 Å². The summed E-state index contributed by atoms with van der Waals surface area (Å²) in [5.74, 6) is -0.550. The standard InChI is InChI=1S/C22H18BrN3O2/c23-14-4-6-15(7-5-14)26-21(27)17-3-1-2-16-19(25-12-10-24-11-13-25)9-8-18(20(16)17)22(26)28/h1-9,24H,10-13H2. The zero-order chi connectivity index (χ0) is 19.3. The fraction of sp³-hybridized carbons (Fsp3) is 0.182. The molecule has 0 spiro atoms. The van der Waals surface area contributed by atoms with Gasteiger partial charge in [-0.2, -0.15) is 0 Å². The maximum Gasteiger partial charge on any atom is 0.265 e. The second-order valence-corrected chi connectivity index (χ2v) is 7.94. The van der Waals surface area contributed by atoms with Crippen LogP contribution in [0.5, 0.6) is 0 Å². The number of halogens is 1. The molecule has 140 valence electrons. The molecule has 2 aliphatic heterocycles. The number of hydrogen-bond donors (Lipinski definition) is 1. The van der Waals surface area contributed by atoms with Gasteiger partial charge in [-0.05, 0) is 42.5 Å². The molecule has 0 bridgehead atoms. The highest BCUT2D eigenvalue weighted by Crippen LogP contribution is 2.37. The number of rotatable bonds is 2. The Bertz CT molecular complexity index is 1080. The van der Waals surface area contributed by atoms with E-state index >= 15 is 0 Å². The molecule has 0 aliphatic carbocycles. The minimum atomic E-state index is -0.275. The average molecular weight is 436 g/mol. The first-order chi connectivity index (χ1) is 13.6. The Balaban J connectivity index is 1.68. The Labute approximate surface area is 171 Å². The van der Waals surface area contributed by atoms with Crippen LogP contribution in [0.3, 0.4) is 0 Å². The monoisotopic (exact) mass is 435 g/mol. The molecule has 2 amide bonds. The van der Waals surface area contributed by atoms with Crippen molar-refractivity contribution in [2.24, 2.45) is 0 Å². The third-order valence-electron chi connectivity index (χ3n) is 5.43. The predicted molar refractivity (Wildman–Crippen MR) is 114 cm³/mol. The first-order valence-corrected chi connectivity index (χ1v) is 10.1. The van der Waals surface area contributed by atoms with Crippen LogP contribution in [0.25, 0.3) is 10.8 Å². The molecule has 0 saturated carbocycles. The van der Waals surface area contributed by atoms with Crippen LogP contribution in [0.1, 0.15) is 20.7 Å². The highest BCUT2D eigenvalue weighted by molar-refractivity contribution is 9.10. The first kappa shape index (κ1) is 17.4. The van der Waals surface area contributed by atoms with Crippen LogP contribution in [0.2, 0.25) is 0 Å². The zero-order valence-corrected chi connectivity index (χ0v) is 16.7. The van der Waals surface area contributed by atoms with E-state index in [1.165, 1.54) is 4.90 Å². The van der Waals surface area contributed by atoms with Gasteiger partial charge in [0.05, 0.1) is 5.69 Å². The van der Waals surface area contributed by atoms with Gasteiger partial charge in [-0.1, -0.05) is 28.1 Å². The van der Waals surface area contributed by atoms with Crippen LogP contribution in [-0.4, -0.2) is 38.0 Å². The van der Waals surface area contributed by atoms with E-state index in [0.29, 0.717) is 16.8 Å². The van der Waals surface area contributed by atoms with E-state index in [2.05, 4.69) is 26.1 Å². The summed E-state index contributed by atoms with van der Waals surface area (Å²) < 4.78 is 0.899. The van der Waals surface area contributed by atoms with Crippen molar-refractivity contribution in [2.45, 2.75) is 0 Å². The van der Waals surface area contributed by atoms with Gasteiger partial charge in [0.1, 0.15) is 0 Å². The minimum Gasteiger partial charge on any atom is -0.368 e. The number of hydrogen-bond acceptors (Lipinski definition) is 4. The van der Waals surface area contributed by atoms with Gasteiger partial charge in [-0.15, -0.1) is 0 Å². The van der Waals surface area contributed by atoms with Gasteiger partial charge in [0.25, 0.3) is 11.8 Å². The Kier molecular flexibility index (Phi) is 4.18. The molecule has 5 nitrogen and oxygen atoms in total. The maximum atomic E-state index is 13.3. The molecule has 28 heavy (non-hydrogen) atoms. The van der Waals surface area contributed by atoms with Crippen molar-refractivity contribution >= 4 is 49.9 Å². The molecule has 6 heteroatoms. The molecule has 0 aromatic heterocycles. The van der Waals surface area contributed by atoms with E-state index < -0.39 is 0 Å². The lowest BCUT2D eigenvalue weighted by Gasteiger charge is -2.32. The van der Waals surface area contributed by atoms with Crippen molar-refractivity contribution in [1.82, 2.24) is 5.32 Å². The number of nitrogens with zero attached hydrogens (tertiary/aromatic N) is 2. The van der Waals surface area contributed by atoms with Gasteiger partial charge < -0.3 is 10.2 Å². The maximum absolute atomic E-state index is 13.3. The topological polar surface area (TPSA) is 52.7 Å². The molecule has 0 atom stereocenters. The van der Waals surface area contributed by atoms with Crippen molar-refractivity contribution in [3.05, 3.63) is 70.2 Å². The second-order valence-electron chi connectivity index (χ2n) is 7.02. The molecular formula is C22H18BrN3O2. The van der Waals surface area contributed by atoms with E-state index in [1.54, 1.807) is 12.1 Å². The summed E-state index contributed by atoms with van der Waals surface area (Å²) in [7, 11) is 0. The number of imide groups is 1. The van der Waals surface area contributed by atoms with E-state index in [0.717, 1.165) is 47.1 Å². The number of carbonyl (C=O) groups is 2. The largest absolute Gasteiger partial charge is 0.368 e. The molecule has 5 rings (SSSR count). The van der Waals surface area contributed by atoms with E-state index in [4.69, 9.17) is 0 Å². The third-order valence-corrected chi connectivity index (χ3v) is 5.96. The second kappa shape index (κ2) is 6.72. The Morgan fingerprint density at radius 1 is 0.821 bits per heavy atom. The number of benzene rings is 3. The first-order valence-electron chi connectivity index (χ1n) is 9.31. The number of anilines is 2. The fourth-order valence-corrected chi connectivity index (χ4v) is 4.35. The highest BCUT2D eigenvalue weighted by atomic mass is 79.9. The summed E-state index contributed by atoms with van der Waals surface area (Å²) in [6.07, 6.45) is 0. The third kappa shape index (κ3) is 2.64. The minimum absolute atomic E-state index is 0.275. The van der Waals surface area contributed by atoms with E-state index in [9.17, 15) is 9.59 Å². The van der Waals surface area contributed by atoms with Crippen LogP contribution in [-0.2, 0) is 0 Å². The summed E-state index contributed by atoms with van der Waals surface area (Å²) in [6, 6.07) is 16.8. The van der Waals surface area contributed by atoms with Crippen molar-refractivity contribution in [3.63, 3.8) is 0 Å². The summed E-state index contributed by atoms with van der Waals surface area (Å²) in [4.78, 5) is 30.1. The van der Waals surface area contributed by atoms with Crippen LogP contribution in [0.15, 0.2) is 59.1 Å². The fourth-order valence-electron chi connectivity index (χ4n) is 4.09. The normalized spacial score (nSPS) is 16.8. The predicted octanol–water partition coefficient (Wildman–Crippen LogP) is 3.81. The number of nitrogens with one attached hydrogen (secondary N) is 1. The summed E-state index contributed by atoms with van der Waals surface area (Å²) in [6.45, 7) is 3.67. The molecule has 2 heterocycles. The number of carbonyl (C=O) groups excluding carboxylic acids is 2. The van der Waals surface area contributed by atoms with E-state index in [1.807, 2.05) is 42.5 Å².